The van der Waals surface area contributed by atoms with Crippen molar-refractivity contribution in [2.24, 2.45) is 16.8 Å². The normalized spacial score (nSPS) is 19.5. The number of nitrogens with one attached hydrogen (secondary N) is 1. The highest BCUT2D eigenvalue weighted by Crippen LogP contribution is 2.20. The van der Waals surface area contributed by atoms with E-state index < -0.39 is 0 Å². The van der Waals surface area contributed by atoms with Crippen LogP contribution in [-0.2, 0) is 17.7 Å². The highest BCUT2D eigenvalue weighted by atomic mass is 127. The molecule has 2 aliphatic rings. The first-order valence-electron chi connectivity index (χ1n) is 11.3. The molecular formula is C22H40IN5OS. The third kappa shape index (κ3) is 8.24. The number of hydrogen-bond donors (Lipinski definition) is 1. The molecule has 30 heavy (non-hydrogen) atoms. The van der Waals surface area contributed by atoms with Crippen molar-refractivity contribution in [3.63, 3.8) is 0 Å². The molecule has 1 aromatic rings. The Morgan fingerprint density at radius 1 is 1.27 bits per heavy atom. The van der Waals surface area contributed by atoms with Crippen LogP contribution in [0.25, 0.3) is 0 Å². The molecular weight excluding hydrogens is 509 g/mol. The highest BCUT2D eigenvalue weighted by Gasteiger charge is 2.21. The number of aliphatic imine (C=N–C) groups is 1. The standard InChI is InChI=1S/C22H39N5OS.HI/c1-4-21-25-20(17-29-21)16-27-11-6-19(7-12-27)15-24-22(23-2)26(3)10-5-18-8-13-28-14-9-18;/h17-19H,4-16H2,1-3H3,(H,23,24);1H. The second-order valence-corrected chi connectivity index (χ2v) is 9.44. The Balaban J connectivity index is 0.00000320. The summed E-state index contributed by atoms with van der Waals surface area (Å²) >= 11 is 1.80. The topological polar surface area (TPSA) is 53.0 Å². The van der Waals surface area contributed by atoms with Gasteiger partial charge in [-0.2, -0.15) is 0 Å². The molecule has 8 heteroatoms. The van der Waals surface area contributed by atoms with Gasteiger partial charge in [-0.3, -0.25) is 9.89 Å². The molecule has 0 unspecified atom stereocenters. The zero-order valence-corrected chi connectivity index (χ0v) is 22.1. The molecule has 3 heterocycles. The lowest BCUT2D eigenvalue weighted by Gasteiger charge is -2.32. The van der Waals surface area contributed by atoms with Crippen LogP contribution in [0.15, 0.2) is 10.4 Å². The van der Waals surface area contributed by atoms with Gasteiger partial charge in [-0.15, -0.1) is 35.3 Å². The van der Waals surface area contributed by atoms with Crippen molar-refractivity contribution in [2.45, 2.75) is 52.0 Å². The SMILES string of the molecule is CCc1nc(CN2CCC(CNC(=NC)N(C)CCC3CCOCC3)CC2)cs1.I. The van der Waals surface area contributed by atoms with Crippen LogP contribution < -0.4 is 5.32 Å². The molecule has 0 aromatic carbocycles. The zero-order valence-electron chi connectivity index (χ0n) is 18.9. The van der Waals surface area contributed by atoms with Gasteiger partial charge >= 0.3 is 0 Å². The first-order chi connectivity index (χ1) is 14.2. The summed E-state index contributed by atoms with van der Waals surface area (Å²) in [5.41, 5.74) is 1.25. The Morgan fingerprint density at radius 3 is 2.63 bits per heavy atom. The van der Waals surface area contributed by atoms with Gasteiger partial charge in [0.1, 0.15) is 0 Å². The van der Waals surface area contributed by atoms with E-state index in [1.54, 1.807) is 11.3 Å². The summed E-state index contributed by atoms with van der Waals surface area (Å²) in [5.74, 6) is 2.57. The van der Waals surface area contributed by atoms with Crippen LogP contribution in [0.4, 0.5) is 0 Å². The fraction of sp³-hybridized carbons (Fsp3) is 0.818. The molecule has 6 nitrogen and oxygen atoms in total. The van der Waals surface area contributed by atoms with Gasteiger partial charge in [0.05, 0.1) is 10.7 Å². The van der Waals surface area contributed by atoms with Gasteiger partial charge in [0.25, 0.3) is 0 Å². The Bertz CT molecular complexity index is 627. The van der Waals surface area contributed by atoms with E-state index in [4.69, 9.17) is 9.72 Å². The number of hydrogen-bond acceptors (Lipinski definition) is 5. The van der Waals surface area contributed by atoms with Gasteiger partial charge in [-0.05, 0) is 63.5 Å². The van der Waals surface area contributed by atoms with E-state index in [-0.39, 0.29) is 24.0 Å². The van der Waals surface area contributed by atoms with Gasteiger partial charge in [0.15, 0.2) is 5.96 Å². The molecule has 2 fully saturated rings. The minimum absolute atomic E-state index is 0. The van der Waals surface area contributed by atoms with Crippen LogP contribution in [0.1, 0.15) is 49.7 Å². The molecule has 1 aromatic heterocycles. The molecule has 0 bridgehead atoms. The summed E-state index contributed by atoms with van der Waals surface area (Å²) in [6.45, 7) is 9.48. The first-order valence-corrected chi connectivity index (χ1v) is 12.2. The van der Waals surface area contributed by atoms with Crippen molar-refractivity contribution in [3.8, 4) is 0 Å². The lowest BCUT2D eigenvalue weighted by Crippen LogP contribution is -2.44. The summed E-state index contributed by atoms with van der Waals surface area (Å²) in [7, 11) is 4.06. The Morgan fingerprint density at radius 2 is 2.00 bits per heavy atom. The molecule has 0 radical (unpaired) electrons. The van der Waals surface area contributed by atoms with E-state index in [0.717, 1.165) is 57.1 Å². The number of likely N-dealkylation sites (tertiary alicyclic amines) is 1. The zero-order chi connectivity index (χ0) is 20.5. The average molecular weight is 550 g/mol. The third-order valence-electron chi connectivity index (χ3n) is 6.33. The molecule has 0 saturated carbocycles. The van der Waals surface area contributed by atoms with Crippen molar-refractivity contribution < 1.29 is 4.74 Å². The Kier molecular flexibility index (Phi) is 11.9. The van der Waals surface area contributed by atoms with Crippen LogP contribution in [-0.4, -0.2) is 74.2 Å². The lowest BCUT2D eigenvalue weighted by atomic mass is 9.96. The fourth-order valence-electron chi connectivity index (χ4n) is 4.30. The van der Waals surface area contributed by atoms with Crippen LogP contribution in [0.3, 0.4) is 0 Å². The number of rotatable bonds is 8. The van der Waals surface area contributed by atoms with Crippen LogP contribution in [0.2, 0.25) is 0 Å². The summed E-state index contributed by atoms with van der Waals surface area (Å²) in [6.07, 6.45) is 7.19. The molecule has 1 N–H and O–H groups in total. The minimum atomic E-state index is 0. The molecule has 0 aliphatic carbocycles. The molecule has 0 amide bonds. The maximum Gasteiger partial charge on any atom is 0.193 e. The number of guanidine groups is 1. The first kappa shape index (κ1) is 25.8. The molecule has 3 rings (SSSR count). The maximum atomic E-state index is 5.47. The quantitative estimate of drug-likeness (QED) is 0.303. The average Bonchev–Trinajstić information content (AvgIpc) is 3.22. The van der Waals surface area contributed by atoms with E-state index in [1.165, 1.54) is 55.9 Å². The monoisotopic (exact) mass is 549 g/mol. The van der Waals surface area contributed by atoms with Crippen LogP contribution in [0, 0.1) is 11.8 Å². The second-order valence-electron chi connectivity index (χ2n) is 8.50. The highest BCUT2D eigenvalue weighted by molar-refractivity contribution is 14.0. The van der Waals surface area contributed by atoms with Gasteiger partial charge in [-0.25, -0.2) is 4.98 Å². The lowest BCUT2D eigenvalue weighted by molar-refractivity contribution is 0.0625. The number of aromatic nitrogens is 1. The number of nitrogens with zero attached hydrogens (tertiary/aromatic N) is 4. The number of aryl methyl sites for hydroxylation is 1. The number of halogens is 1. The van der Waals surface area contributed by atoms with Crippen molar-refractivity contribution in [1.82, 2.24) is 20.1 Å². The fourth-order valence-corrected chi connectivity index (χ4v) is 5.04. The van der Waals surface area contributed by atoms with Gasteiger partial charge in [-0.1, -0.05) is 6.92 Å². The third-order valence-corrected chi connectivity index (χ3v) is 7.37. The van der Waals surface area contributed by atoms with Crippen molar-refractivity contribution in [1.29, 1.82) is 0 Å². The number of piperidine rings is 1. The van der Waals surface area contributed by atoms with E-state index in [1.807, 2.05) is 7.05 Å². The van der Waals surface area contributed by atoms with Gasteiger partial charge < -0.3 is 15.0 Å². The van der Waals surface area contributed by atoms with E-state index >= 15 is 0 Å². The number of thiazole rings is 1. The molecule has 2 saturated heterocycles. The summed E-state index contributed by atoms with van der Waals surface area (Å²) in [6, 6.07) is 0. The molecule has 172 valence electrons. The molecule has 0 atom stereocenters. The van der Waals surface area contributed by atoms with Gasteiger partial charge in [0.2, 0.25) is 0 Å². The predicted octanol–water partition coefficient (Wildman–Crippen LogP) is 3.86. The van der Waals surface area contributed by atoms with E-state index in [9.17, 15) is 0 Å². The van der Waals surface area contributed by atoms with Crippen molar-refractivity contribution in [2.75, 3.05) is 53.5 Å². The number of ether oxygens (including phenoxy) is 1. The maximum absolute atomic E-state index is 5.47. The Labute approximate surface area is 203 Å². The summed E-state index contributed by atoms with van der Waals surface area (Å²) in [4.78, 5) is 14.1. The van der Waals surface area contributed by atoms with Crippen molar-refractivity contribution >= 4 is 41.3 Å². The smallest absolute Gasteiger partial charge is 0.193 e. The second kappa shape index (κ2) is 13.9. The predicted molar refractivity (Wildman–Crippen MR) is 137 cm³/mol. The van der Waals surface area contributed by atoms with E-state index in [2.05, 4.69) is 39.5 Å². The minimum Gasteiger partial charge on any atom is -0.381 e. The molecule has 2 aliphatic heterocycles. The summed E-state index contributed by atoms with van der Waals surface area (Å²) in [5, 5.41) is 7.11. The molecule has 0 spiro atoms. The van der Waals surface area contributed by atoms with Crippen LogP contribution in [0.5, 0.6) is 0 Å². The largest absolute Gasteiger partial charge is 0.381 e. The Hall–Kier alpha value is -0.450. The van der Waals surface area contributed by atoms with E-state index in [0.29, 0.717) is 0 Å². The van der Waals surface area contributed by atoms with Gasteiger partial charge in [0, 0.05) is 52.3 Å². The van der Waals surface area contributed by atoms with Crippen LogP contribution >= 0.6 is 35.3 Å². The van der Waals surface area contributed by atoms with Crippen molar-refractivity contribution in [3.05, 3.63) is 16.1 Å². The summed E-state index contributed by atoms with van der Waals surface area (Å²) < 4.78 is 5.47.